The van der Waals surface area contributed by atoms with Crippen LogP contribution >= 0.6 is 24.8 Å². The van der Waals surface area contributed by atoms with Crippen molar-refractivity contribution in [1.29, 1.82) is 0 Å². The van der Waals surface area contributed by atoms with E-state index in [2.05, 4.69) is 23.1 Å². The minimum Gasteiger partial charge on any atom is -0.493 e. The van der Waals surface area contributed by atoms with E-state index >= 15 is 0 Å². The van der Waals surface area contributed by atoms with Crippen LogP contribution in [0.15, 0.2) is 18.2 Å². The summed E-state index contributed by atoms with van der Waals surface area (Å²) in [5.74, 6) is 2.81. The van der Waals surface area contributed by atoms with E-state index in [1.165, 1.54) is 70.1 Å². The Morgan fingerprint density at radius 2 is 1.73 bits per heavy atom. The molecule has 0 aromatic heterocycles. The highest BCUT2D eigenvalue weighted by Gasteiger charge is 2.26. The molecule has 0 bridgehead atoms. The second-order valence-electron chi connectivity index (χ2n) is 8.11. The lowest BCUT2D eigenvalue weighted by Gasteiger charge is -2.34. The smallest absolute Gasteiger partial charge is 0.122 e. The molecule has 2 heterocycles. The Bertz CT molecular complexity index is 553. The molecule has 0 spiro atoms. The summed E-state index contributed by atoms with van der Waals surface area (Å²) in [6.45, 7) is 4.70. The van der Waals surface area contributed by atoms with E-state index in [-0.39, 0.29) is 24.8 Å². The van der Waals surface area contributed by atoms with E-state index in [1.807, 2.05) is 0 Å². The molecule has 2 aliphatic heterocycles. The fraction of sp³-hybridized carbons (Fsp3) is 0.714. The number of piperidine rings is 1. The summed E-state index contributed by atoms with van der Waals surface area (Å²) in [4.78, 5) is 2.70. The van der Waals surface area contributed by atoms with Crippen molar-refractivity contribution in [2.24, 2.45) is 11.7 Å². The lowest BCUT2D eigenvalue weighted by Crippen LogP contribution is -2.35. The van der Waals surface area contributed by atoms with Gasteiger partial charge in [0, 0.05) is 18.0 Å². The van der Waals surface area contributed by atoms with Gasteiger partial charge in [-0.25, -0.2) is 0 Å². The minimum absolute atomic E-state index is 0. The molecule has 3 nitrogen and oxygen atoms in total. The van der Waals surface area contributed by atoms with Gasteiger partial charge in [0.05, 0.1) is 6.61 Å². The Hall–Kier alpha value is -0.480. The molecule has 0 radical (unpaired) electrons. The highest BCUT2D eigenvalue weighted by atomic mass is 35.5. The first kappa shape index (κ1) is 21.8. The van der Waals surface area contributed by atoms with Crippen LogP contribution in [0.5, 0.6) is 5.75 Å². The normalized spacial score (nSPS) is 26.3. The molecule has 26 heavy (non-hydrogen) atoms. The average molecular weight is 401 g/mol. The molecule has 1 aromatic rings. The minimum atomic E-state index is 0. The number of likely N-dealkylation sites (tertiary alicyclic amines) is 1. The van der Waals surface area contributed by atoms with Crippen molar-refractivity contribution in [3.63, 3.8) is 0 Å². The van der Waals surface area contributed by atoms with E-state index in [0.717, 1.165) is 30.6 Å². The van der Waals surface area contributed by atoms with Gasteiger partial charge in [0.15, 0.2) is 0 Å². The van der Waals surface area contributed by atoms with Crippen molar-refractivity contribution < 1.29 is 4.74 Å². The van der Waals surface area contributed by atoms with Gasteiger partial charge in [-0.05, 0) is 88.0 Å². The van der Waals surface area contributed by atoms with Gasteiger partial charge in [-0.3, -0.25) is 0 Å². The number of rotatable bonds is 4. The number of hydrogen-bond donors (Lipinski definition) is 1. The lowest BCUT2D eigenvalue weighted by atomic mass is 9.83. The van der Waals surface area contributed by atoms with Crippen LogP contribution in [0.1, 0.15) is 62.0 Å². The van der Waals surface area contributed by atoms with Gasteiger partial charge in [-0.1, -0.05) is 12.1 Å². The molecule has 2 N–H and O–H groups in total. The van der Waals surface area contributed by atoms with E-state index < -0.39 is 0 Å². The highest BCUT2D eigenvalue weighted by molar-refractivity contribution is 5.85. The Morgan fingerprint density at radius 3 is 2.46 bits per heavy atom. The summed E-state index contributed by atoms with van der Waals surface area (Å²) in [5.41, 5.74) is 9.10. The SMILES string of the molecule is Cl.Cl.N[C@H]1CC[C@H](CCN2CCC(c3cccc4c3CCO4)CC2)CC1. The Morgan fingerprint density at radius 1 is 1.00 bits per heavy atom. The number of benzene rings is 1. The van der Waals surface area contributed by atoms with Crippen LogP contribution in [-0.4, -0.2) is 37.2 Å². The Balaban J connectivity index is 0.00000121. The molecule has 1 saturated carbocycles. The molecule has 0 unspecified atom stereocenters. The molecule has 4 rings (SSSR count). The highest BCUT2D eigenvalue weighted by Crippen LogP contribution is 2.37. The van der Waals surface area contributed by atoms with E-state index in [4.69, 9.17) is 10.5 Å². The van der Waals surface area contributed by atoms with Gasteiger partial charge in [0.1, 0.15) is 5.75 Å². The number of ether oxygens (including phenoxy) is 1. The van der Waals surface area contributed by atoms with Gasteiger partial charge in [-0.2, -0.15) is 0 Å². The number of nitrogens with zero attached hydrogens (tertiary/aromatic N) is 1. The van der Waals surface area contributed by atoms with Crippen LogP contribution in [0.25, 0.3) is 0 Å². The summed E-state index contributed by atoms with van der Waals surface area (Å²) in [6, 6.07) is 7.14. The third kappa shape index (κ3) is 5.07. The fourth-order valence-electron chi connectivity index (χ4n) is 4.94. The summed E-state index contributed by atoms with van der Waals surface area (Å²) in [7, 11) is 0. The van der Waals surface area contributed by atoms with Crippen molar-refractivity contribution >= 4 is 24.8 Å². The topological polar surface area (TPSA) is 38.5 Å². The van der Waals surface area contributed by atoms with Crippen molar-refractivity contribution in [1.82, 2.24) is 4.90 Å². The maximum absolute atomic E-state index is 6.03. The van der Waals surface area contributed by atoms with E-state index in [0.29, 0.717) is 6.04 Å². The maximum atomic E-state index is 6.03. The molecule has 0 atom stereocenters. The van der Waals surface area contributed by atoms with Gasteiger partial charge >= 0.3 is 0 Å². The van der Waals surface area contributed by atoms with Crippen molar-refractivity contribution in [3.05, 3.63) is 29.3 Å². The average Bonchev–Trinajstić information content (AvgIpc) is 3.10. The van der Waals surface area contributed by atoms with Gasteiger partial charge in [-0.15, -0.1) is 24.8 Å². The summed E-state index contributed by atoms with van der Waals surface area (Å²) >= 11 is 0. The van der Waals surface area contributed by atoms with Gasteiger partial charge in [0.2, 0.25) is 0 Å². The van der Waals surface area contributed by atoms with Crippen molar-refractivity contribution in [2.75, 3.05) is 26.2 Å². The first-order chi connectivity index (χ1) is 11.8. The zero-order valence-electron chi connectivity index (χ0n) is 15.7. The van der Waals surface area contributed by atoms with Crippen LogP contribution in [0.4, 0.5) is 0 Å². The third-order valence-corrected chi connectivity index (χ3v) is 6.55. The second-order valence-corrected chi connectivity index (χ2v) is 8.11. The molecule has 1 aromatic carbocycles. The quantitative estimate of drug-likeness (QED) is 0.804. The van der Waals surface area contributed by atoms with Crippen LogP contribution in [0.3, 0.4) is 0 Å². The second kappa shape index (κ2) is 10.2. The summed E-state index contributed by atoms with van der Waals surface area (Å²) in [6.07, 6.45) is 10.3. The molecule has 1 saturated heterocycles. The molecular formula is C21H34Cl2N2O. The molecule has 0 amide bonds. The third-order valence-electron chi connectivity index (χ3n) is 6.55. The van der Waals surface area contributed by atoms with Crippen molar-refractivity contribution in [3.8, 4) is 5.75 Å². The monoisotopic (exact) mass is 400 g/mol. The van der Waals surface area contributed by atoms with Gasteiger partial charge < -0.3 is 15.4 Å². The van der Waals surface area contributed by atoms with Crippen LogP contribution in [0.2, 0.25) is 0 Å². The molecular weight excluding hydrogens is 367 g/mol. The fourth-order valence-corrected chi connectivity index (χ4v) is 4.94. The standard InChI is InChI=1S/C21H32N2O.2ClH/c22-18-6-4-16(5-7-18)8-12-23-13-9-17(10-14-23)19-2-1-3-21-20(19)11-15-24-21;;/h1-3,16-18H,4-15,22H2;2*1H/t16-,18-;;. The number of hydrogen-bond acceptors (Lipinski definition) is 3. The Kier molecular flexibility index (Phi) is 8.53. The molecule has 2 fully saturated rings. The van der Waals surface area contributed by atoms with Crippen LogP contribution in [0, 0.1) is 5.92 Å². The lowest BCUT2D eigenvalue weighted by molar-refractivity contribution is 0.186. The zero-order chi connectivity index (χ0) is 16.4. The molecule has 5 heteroatoms. The largest absolute Gasteiger partial charge is 0.493 e. The van der Waals surface area contributed by atoms with Crippen molar-refractivity contribution in [2.45, 2.75) is 63.3 Å². The van der Waals surface area contributed by atoms with Crippen LogP contribution < -0.4 is 10.5 Å². The van der Waals surface area contributed by atoms with E-state index in [1.54, 1.807) is 5.56 Å². The first-order valence-electron chi connectivity index (χ1n) is 10.0. The predicted octanol–water partition coefficient (Wildman–Crippen LogP) is 4.55. The molecule has 148 valence electrons. The predicted molar refractivity (Wildman–Crippen MR) is 113 cm³/mol. The zero-order valence-corrected chi connectivity index (χ0v) is 17.3. The van der Waals surface area contributed by atoms with E-state index in [9.17, 15) is 0 Å². The van der Waals surface area contributed by atoms with Gasteiger partial charge in [0.25, 0.3) is 0 Å². The summed E-state index contributed by atoms with van der Waals surface area (Å²) < 4.78 is 5.74. The van der Waals surface area contributed by atoms with Crippen LogP contribution in [-0.2, 0) is 6.42 Å². The summed E-state index contributed by atoms with van der Waals surface area (Å²) in [5, 5.41) is 0. The first-order valence-corrected chi connectivity index (χ1v) is 10.0. The number of nitrogens with two attached hydrogens (primary N) is 1. The molecule has 1 aliphatic carbocycles. The Labute approximate surface area is 170 Å². The number of halogens is 2. The number of fused-ring (bicyclic) bond motifs is 1. The molecule has 3 aliphatic rings. The maximum Gasteiger partial charge on any atom is 0.122 e.